The first-order chi connectivity index (χ1) is 15.5. The highest BCUT2D eigenvalue weighted by atomic mass is 19.4. The summed E-state index contributed by atoms with van der Waals surface area (Å²) >= 11 is 0. The Balaban J connectivity index is 1.87. The molecular formula is C25H27F3NO4+. The third kappa shape index (κ3) is 4.85. The van der Waals surface area contributed by atoms with E-state index in [9.17, 15) is 23.1 Å². The van der Waals surface area contributed by atoms with Gasteiger partial charge in [0.25, 0.3) is 5.76 Å². The number of nitrogens with one attached hydrogen (secondary N) is 1. The lowest BCUT2D eigenvalue weighted by Crippen LogP contribution is -3.12. The third-order valence-electron chi connectivity index (χ3n) is 6.06. The van der Waals surface area contributed by atoms with Gasteiger partial charge < -0.3 is 19.2 Å². The zero-order valence-electron chi connectivity index (χ0n) is 18.8. The predicted octanol–water partition coefficient (Wildman–Crippen LogP) is 4.74. The van der Waals surface area contributed by atoms with Crippen molar-refractivity contribution in [3.05, 3.63) is 63.0 Å². The number of fused-ring (bicyclic) bond motifs is 1. The number of phenols is 1. The van der Waals surface area contributed by atoms with E-state index in [1.165, 1.54) is 12.1 Å². The Morgan fingerprint density at radius 2 is 1.88 bits per heavy atom. The molecule has 0 spiro atoms. The molecule has 5 nitrogen and oxygen atoms in total. The summed E-state index contributed by atoms with van der Waals surface area (Å²) < 4.78 is 52.7. The molecule has 2 atom stereocenters. The fourth-order valence-corrected chi connectivity index (χ4v) is 4.65. The molecule has 1 aliphatic rings. The molecule has 0 saturated carbocycles. The molecule has 2 N–H and O–H groups in total. The van der Waals surface area contributed by atoms with Crippen LogP contribution in [-0.4, -0.2) is 18.2 Å². The number of piperidine rings is 1. The van der Waals surface area contributed by atoms with Gasteiger partial charge in [-0.2, -0.15) is 13.2 Å². The minimum absolute atomic E-state index is 0.0559. The summed E-state index contributed by atoms with van der Waals surface area (Å²) in [6.07, 6.45) is -2.87. The molecule has 0 aliphatic carbocycles. The summed E-state index contributed by atoms with van der Waals surface area (Å²) in [5, 5.41) is 10.4. The Morgan fingerprint density at radius 1 is 1.18 bits per heavy atom. The highest BCUT2D eigenvalue weighted by molar-refractivity contribution is 5.83. The van der Waals surface area contributed by atoms with Crippen molar-refractivity contribution in [2.45, 2.75) is 46.3 Å². The van der Waals surface area contributed by atoms with Gasteiger partial charge in [0.15, 0.2) is 5.58 Å². The van der Waals surface area contributed by atoms with Gasteiger partial charge in [-0.1, -0.05) is 13.0 Å². The Hall–Kier alpha value is -3.00. The molecule has 1 aromatic heterocycles. The molecule has 2 aromatic carbocycles. The summed E-state index contributed by atoms with van der Waals surface area (Å²) in [5.74, 6) is -2.01. The van der Waals surface area contributed by atoms with E-state index < -0.39 is 23.1 Å². The van der Waals surface area contributed by atoms with Gasteiger partial charge in [0, 0.05) is 5.92 Å². The van der Waals surface area contributed by atoms with Crippen LogP contribution in [0.25, 0.3) is 11.0 Å². The van der Waals surface area contributed by atoms with Crippen molar-refractivity contribution in [2.75, 3.05) is 13.1 Å². The van der Waals surface area contributed by atoms with Crippen LogP contribution in [0.3, 0.4) is 0 Å². The highest BCUT2D eigenvalue weighted by Crippen LogP contribution is 2.40. The lowest BCUT2D eigenvalue weighted by atomic mass is 9.99. The molecule has 2 unspecified atom stereocenters. The number of aromatic hydroxyl groups is 1. The van der Waals surface area contributed by atoms with Gasteiger partial charge in [-0.15, -0.1) is 0 Å². The fraction of sp³-hybridized carbons (Fsp3) is 0.400. The van der Waals surface area contributed by atoms with Crippen molar-refractivity contribution in [3.63, 3.8) is 0 Å². The first-order valence-electron chi connectivity index (χ1n) is 11.0. The molecule has 8 heteroatoms. The molecule has 1 saturated heterocycles. The van der Waals surface area contributed by atoms with E-state index >= 15 is 0 Å². The van der Waals surface area contributed by atoms with Crippen molar-refractivity contribution in [2.24, 2.45) is 5.92 Å². The summed E-state index contributed by atoms with van der Waals surface area (Å²) in [6.45, 7) is 7.63. The normalized spacial score (nSPS) is 19.1. The van der Waals surface area contributed by atoms with E-state index in [0.29, 0.717) is 5.92 Å². The number of quaternary nitrogens is 1. The maximum Gasteiger partial charge on any atom is 0.453 e. The Morgan fingerprint density at radius 3 is 2.52 bits per heavy atom. The van der Waals surface area contributed by atoms with Gasteiger partial charge in [-0.25, -0.2) is 0 Å². The number of hydrogen-bond donors (Lipinski definition) is 2. The monoisotopic (exact) mass is 462 g/mol. The number of ether oxygens (including phenoxy) is 1. The van der Waals surface area contributed by atoms with E-state index in [0.717, 1.165) is 42.0 Å². The molecule has 176 valence electrons. The minimum Gasteiger partial charge on any atom is -0.507 e. The second-order valence-corrected chi connectivity index (χ2v) is 9.08. The van der Waals surface area contributed by atoms with Crippen LogP contribution in [0.5, 0.6) is 17.2 Å². The van der Waals surface area contributed by atoms with Crippen molar-refractivity contribution in [3.8, 4) is 17.2 Å². The van der Waals surface area contributed by atoms with Crippen molar-refractivity contribution >= 4 is 11.0 Å². The van der Waals surface area contributed by atoms with Gasteiger partial charge >= 0.3 is 6.18 Å². The van der Waals surface area contributed by atoms with Gasteiger partial charge in [-0.05, 0) is 62.1 Å². The number of likely N-dealkylation sites (tertiary alicyclic amines) is 1. The highest BCUT2D eigenvalue weighted by Gasteiger charge is 2.41. The van der Waals surface area contributed by atoms with Crippen LogP contribution in [0.15, 0.2) is 39.5 Å². The molecule has 1 fully saturated rings. The quantitative estimate of drug-likeness (QED) is 0.588. The van der Waals surface area contributed by atoms with Crippen LogP contribution in [-0.2, 0) is 12.7 Å². The van der Waals surface area contributed by atoms with E-state index in [-0.39, 0.29) is 34.6 Å². The molecule has 4 rings (SSSR count). The SMILES string of the molecule is Cc1cc(C)cc(Oc2c(C(F)(F)F)oc3c(C[NH+]4CCCC(C)C4)c(O)ccc3c2=O)c1. The van der Waals surface area contributed by atoms with Gasteiger partial charge in [0.2, 0.25) is 11.2 Å². The number of benzene rings is 2. The van der Waals surface area contributed by atoms with Crippen molar-refractivity contribution < 1.29 is 32.3 Å². The van der Waals surface area contributed by atoms with Crippen molar-refractivity contribution in [1.29, 1.82) is 0 Å². The molecular weight excluding hydrogens is 435 g/mol. The van der Waals surface area contributed by atoms with Crippen molar-refractivity contribution in [1.82, 2.24) is 0 Å². The molecule has 33 heavy (non-hydrogen) atoms. The van der Waals surface area contributed by atoms with Crippen LogP contribution in [0.4, 0.5) is 13.2 Å². The number of alkyl halides is 3. The zero-order valence-corrected chi connectivity index (χ0v) is 18.8. The van der Waals surface area contributed by atoms with Crippen LogP contribution < -0.4 is 15.1 Å². The van der Waals surface area contributed by atoms with Crippen LogP contribution >= 0.6 is 0 Å². The van der Waals surface area contributed by atoms with Gasteiger partial charge in [0.1, 0.15) is 18.0 Å². The lowest BCUT2D eigenvalue weighted by molar-refractivity contribution is -0.922. The number of halogens is 3. The standard InChI is InChI=1S/C25H26F3NO4/c1-14-5-4-8-29(12-14)13-19-20(30)7-6-18-21(31)23(24(25(26,27)28)33-22(18)19)32-17-10-15(2)9-16(3)11-17/h6-7,9-11,14,30H,4-5,8,12-13H2,1-3H3/p+1. The van der Waals surface area contributed by atoms with E-state index in [2.05, 4.69) is 6.92 Å². The Labute approximate surface area is 189 Å². The number of rotatable bonds is 4. The van der Waals surface area contributed by atoms with E-state index in [1.807, 2.05) is 6.07 Å². The van der Waals surface area contributed by atoms with Crippen LogP contribution in [0.1, 0.15) is 42.2 Å². The average Bonchev–Trinajstić information content (AvgIpc) is 2.70. The first-order valence-corrected chi connectivity index (χ1v) is 11.0. The summed E-state index contributed by atoms with van der Waals surface area (Å²) in [5.41, 5.74) is 0.610. The van der Waals surface area contributed by atoms with Crippen LogP contribution in [0.2, 0.25) is 0 Å². The molecule has 0 amide bonds. The predicted molar refractivity (Wildman–Crippen MR) is 118 cm³/mol. The molecule has 2 heterocycles. The topological polar surface area (TPSA) is 64.1 Å². The molecule has 3 aromatic rings. The zero-order chi connectivity index (χ0) is 23.9. The largest absolute Gasteiger partial charge is 0.507 e. The lowest BCUT2D eigenvalue weighted by Gasteiger charge is -2.28. The molecule has 1 aliphatic heterocycles. The third-order valence-corrected chi connectivity index (χ3v) is 6.06. The van der Waals surface area contributed by atoms with E-state index in [4.69, 9.17) is 9.15 Å². The summed E-state index contributed by atoms with van der Waals surface area (Å²) in [7, 11) is 0. The molecule has 0 bridgehead atoms. The summed E-state index contributed by atoms with van der Waals surface area (Å²) in [4.78, 5) is 14.3. The molecule has 0 radical (unpaired) electrons. The fourth-order valence-electron chi connectivity index (χ4n) is 4.65. The maximum atomic E-state index is 14.0. The average molecular weight is 462 g/mol. The minimum atomic E-state index is -4.96. The first kappa shape index (κ1) is 23.2. The second-order valence-electron chi connectivity index (χ2n) is 9.08. The van der Waals surface area contributed by atoms with E-state index in [1.54, 1.807) is 26.0 Å². The number of phenolic OH excluding ortho intramolecular Hbond substituents is 1. The summed E-state index contributed by atoms with van der Waals surface area (Å²) in [6, 6.07) is 7.57. The van der Waals surface area contributed by atoms with Gasteiger partial charge in [-0.3, -0.25) is 4.79 Å². The van der Waals surface area contributed by atoms with Gasteiger partial charge in [0.05, 0.1) is 24.0 Å². The Bertz CT molecular complexity index is 1230. The number of aryl methyl sites for hydroxylation is 2. The number of hydrogen-bond acceptors (Lipinski definition) is 4. The maximum absolute atomic E-state index is 14.0. The van der Waals surface area contributed by atoms with Crippen LogP contribution in [0, 0.1) is 19.8 Å². The Kier molecular flexibility index (Phi) is 6.14. The second kappa shape index (κ2) is 8.74. The smallest absolute Gasteiger partial charge is 0.453 e.